The number of benzene rings is 1. The van der Waals surface area contributed by atoms with Crippen LogP contribution in [-0.2, 0) is 16.6 Å². The lowest BCUT2D eigenvalue weighted by atomic mass is 10.2. The number of primary sulfonamides is 1. The van der Waals surface area contributed by atoms with Crippen LogP contribution in [0.1, 0.15) is 11.3 Å². The summed E-state index contributed by atoms with van der Waals surface area (Å²) < 4.78 is 27.2. The highest BCUT2D eigenvalue weighted by Crippen LogP contribution is 2.21. The lowest BCUT2D eigenvalue weighted by Gasteiger charge is -2.06. The van der Waals surface area contributed by atoms with Gasteiger partial charge in [-0.3, -0.25) is 0 Å². The van der Waals surface area contributed by atoms with Crippen LogP contribution in [0.2, 0.25) is 5.02 Å². The molecule has 0 radical (unpaired) electrons. The summed E-state index contributed by atoms with van der Waals surface area (Å²) in [5.74, 6) is 0.473. The van der Waals surface area contributed by atoms with Crippen molar-refractivity contribution in [1.29, 1.82) is 0 Å². The predicted octanol–water partition coefficient (Wildman–Crippen LogP) is 2.50. The van der Waals surface area contributed by atoms with E-state index in [9.17, 15) is 8.42 Å². The summed E-state index contributed by atoms with van der Waals surface area (Å²) in [6.45, 7) is 2.26. The van der Waals surface area contributed by atoms with Crippen molar-refractivity contribution in [2.75, 3.05) is 5.32 Å². The van der Waals surface area contributed by atoms with Crippen molar-refractivity contribution in [3.05, 3.63) is 46.7 Å². The van der Waals surface area contributed by atoms with Crippen LogP contribution in [0, 0.1) is 6.92 Å². The molecule has 2 aromatic rings. The molecule has 7 heteroatoms. The first-order valence-electron chi connectivity index (χ1n) is 5.48. The number of rotatable bonds is 4. The Kier molecular flexibility index (Phi) is 3.84. The summed E-state index contributed by atoms with van der Waals surface area (Å²) in [6, 6.07) is 8.45. The van der Waals surface area contributed by atoms with Crippen LogP contribution < -0.4 is 10.5 Å². The molecular weight excluding hydrogens is 288 g/mol. The van der Waals surface area contributed by atoms with Gasteiger partial charge in [0.25, 0.3) is 10.0 Å². The fourth-order valence-electron chi connectivity index (χ4n) is 1.50. The molecule has 0 spiro atoms. The van der Waals surface area contributed by atoms with E-state index >= 15 is 0 Å². The van der Waals surface area contributed by atoms with E-state index in [4.69, 9.17) is 21.2 Å². The highest BCUT2D eigenvalue weighted by Gasteiger charge is 2.12. The molecule has 1 aromatic carbocycles. The second-order valence-electron chi connectivity index (χ2n) is 4.08. The minimum Gasteiger partial charge on any atom is -0.446 e. The van der Waals surface area contributed by atoms with Crippen LogP contribution in [0.3, 0.4) is 0 Å². The summed E-state index contributed by atoms with van der Waals surface area (Å²) in [5.41, 5.74) is 1.81. The fraction of sp³-hybridized carbons (Fsp3) is 0.167. The second kappa shape index (κ2) is 5.24. The molecule has 1 aromatic heterocycles. The van der Waals surface area contributed by atoms with E-state index in [1.807, 2.05) is 19.1 Å². The maximum absolute atomic E-state index is 11.0. The van der Waals surface area contributed by atoms with Gasteiger partial charge in [-0.1, -0.05) is 17.7 Å². The van der Waals surface area contributed by atoms with E-state index in [-0.39, 0.29) is 5.09 Å². The molecule has 0 fully saturated rings. The molecular formula is C12H13ClN2O3S. The van der Waals surface area contributed by atoms with Crippen molar-refractivity contribution in [2.24, 2.45) is 5.14 Å². The van der Waals surface area contributed by atoms with Crippen LogP contribution in [0.4, 0.5) is 5.69 Å². The number of sulfonamides is 1. The van der Waals surface area contributed by atoms with Crippen molar-refractivity contribution >= 4 is 27.3 Å². The Morgan fingerprint density at radius 2 is 2.05 bits per heavy atom. The van der Waals surface area contributed by atoms with Gasteiger partial charge < -0.3 is 9.73 Å². The third-order valence-electron chi connectivity index (χ3n) is 2.56. The largest absolute Gasteiger partial charge is 0.446 e. The topological polar surface area (TPSA) is 85.3 Å². The zero-order chi connectivity index (χ0) is 14.0. The van der Waals surface area contributed by atoms with Gasteiger partial charge in [0.05, 0.1) is 6.54 Å². The fourth-order valence-corrected chi connectivity index (χ4v) is 2.16. The van der Waals surface area contributed by atoms with E-state index in [1.54, 1.807) is 12.1 Å². The standard InChI is InChI=1S/C12H13ClN2O3S/c1-8-2-3-9(6-11(8)13)15-7-10-4-5-12(18-10)19(14,16)17/h2-6,15H,7H2,1H3,(H2,14,16,17). The van der Waals surface area contributed by atoms with Crippen molar-refractivity contribution in [3.63, 3.8) is 0 Å². The molecule has 19 heavy (non-hydrogen) atoms. The first-order chi connectivity index (χ1) is 8.86. The number of anilines is 1. The molecule has 5 nitrogen and oxygen atoms in total. The van der Waals surface area contributed by atoms with Crippen LogP contribution in [0.5, 0.6) is 0 Å². The average Bonchev–Trinajstić information content (AvgIpc) is 2.79. The number of nitrogens with two attached hydrogens (primary N) is 1. The zero-order valence-corrected chi connectivity index (χ0v) is 11.8. The maximum atomic E-state index is 11.0. The lowest BCUT2D eigenvalue weighted by molar-refractivity contribution is 0.419. The molecule has 102 valence electrons. The molecule has 0 aliphatic heterocycles. The van der Waals surface area contributed by atoms with Gasteiger partial charge in [0.1, 0.15) is 5.76 Å². The Morgan fingerprint density at radius 3 is 2.63 bits per heavy atom. The smallest absolute Gasteiger partial charge is 0.271 e. The van der Waals surface area contributed by atoms with Crippen molar-refractivity contribution in [2.45, 2.75) is 18.6 Å². The average molecular weight is 301 g/mol. The number of aryl methyl sites for hydroxylation is 1. The Labute approximate surface area is 116 Å². The van der Waals surface area contributed by atoms with Crippen molar-refractivity contribution in [3.8, 4) is 0 Å². The monoisotopic (exact) mass is 300 g/mol. The number of furan rings is 1. The normalized spacial score (nSPS) is 11.5. The Bertz CT molecular complexity index is 695. The first-order valence-corrected chi connectivity index (χ1v) is 7.40. The van der Waals surface area contributed by atoms with Gasteiger partial charge in [-0.05, 0) is 36.8 Å². The van der Waals surface area contributed by atoms with E-state index in [2.05, 4.69) is 5.32 Å². The van der Waals surface area contributed by atoms with Gasteiger partial charge in [0.15, 0.2) is 0 Å². The minimum atomic E-state index is -3.79. The third-order valence-corrected chi connectivity index (χ3v) is 3.74. The molecule has 0 saturated heterocycles. The van der Waals surface area contributed by atoms with Crippen molar-refractivity contribution < 1.29 is 12.8 Å². The van der Waals surface area contributed by atoms with E-state index in [1.165, 1.54) is 6.07 Å². The molecule has 1 heterocycles. The molecule has 0 bridgehead atoms. The van der Waals surface area contributed by atoms with Gasteiger partial charge in [-0.25, -0.2) is 13.6 Å². The van der Waals surface area contributed by atoms with E-state index in [0.717, 1.165) is 11.3 Å². The van der Waals surface area contributed by atoms with E-state index in [0.29, 0.717) is 17.3 Å². The summed E-state index contributed by atoms with van der Waals surface area (Å²) in [5, 5.41) is 8.45. The number of hydrogen-bond acceptors (Lipinski definition) is 4. The SMILES string of the molecule is Cc1ccc(NCc2ccc(S(N)(=O)=O)o2)cc1Cl. The van der Waals surface area contributed by atoms with E-state index < -0.39 is 10.0 Å². The van der Waals surface area contributed by atoms with Crippen molar-refractivity contribution in [1.82, 2.24) is 0 Å². The number of halogens is 1. The summed E-state index contributed by atoms with van der Waals surface area (Å²) in [4.78, 5) is 0. The van der Waals surface area contributed by atoms with Crippen LogP contribution in [0.15, 0.2) is 39.8 Å². The molecule has 2 rings (SSSR count). The number of nitrogens with one attached hydrogen (secondary N) is 1. The molecule has 0 aliphatic rings. The summed E-state index contributed by atoms with van der Waals surface area (Å²) >= 11 is 6.00. The molecule has 0 saturated carbocycles. The highest BCUT2D eigenvalue weighted by molar-refractivity contribution is 7.89. The summed E-state index contributed by atoms with van der Waals surface area (Å²) in [7, 11) is -3.79. The Morgan fingerprint density at radius 1 is 1.32 bits per heavy atom. The van der Waals surface area contributed by atoms with Crippen LogP contribution in [0.25, 0.3) is 0 Å². The summed E-state index contributed by atoms with van der Waals surface area (Å²) in [6.07, 6.45) is 0. The minimum absolute atomic E-state index is 0.244. The molecule has 0 amide bonds. The zero-order valence-electron chi connectivity index (χ0n) is 10.2. The number of hydrogen-bond donors (Lipinski definition) is 2. The predicted molar refractivity (Wildman–Crippen MR) is 73.6 cm³/mol. The second-order valence-corrected chi connectivity index (χ2v) is 5.98. The van der Waals surface area contributed by atoms with Gasteiger partial charge in [0, 0.05) is 10.7 Å². The Hall–Kier alpha value is -1.50. The van der Waals surface area contributed by atoms with Crippen LogP contribution >= 0.6 is 11.6 Å². The first kappa shape index (κ1) is 13.9. The quantitative estimate of drug-likeness (QED) is 0.908. The molecule has 0 unspecified atom stereocenters. The van der Waals surface area contributed by atoms with Gasteiger partial charge >= 0.3 is 0 Å². The molecule has 0 atom stereocenters. The molecule has 0 aliphatic carbocycles. The highest BCUT2D eigenvalue weighted by atomic mass is 35.5. The Balaban J connectivity index is 2.06. The van der Waals surface area contributed by atoms with Crippen LogP contribution in [-0.4, -0.2) is 8.42 Å². The van der Waals surface area contributed by atoms with Gasteiger partial charge in [0.2, 0.25) is 5.09 Å². The van der Waals surface area contributed by atoms with Gasteiger partial charge in [-0.15, -0.1) is 0 Å². The maximum Gasteiger partial charge on any atom is 0.271 e. The third kappa shape index (κ3) is 3.50. The lowest BCUT2D eigenvalue weighted by Crippen LogP contribution is -2.10. The molecule has 3 N–H and O–H groups in total. The van der Waals surface area contributed by atoms with Gasteiger partial charge in [-0.2, -0.15) is 0 Å².